The summed E-state index contributed by atoms with van der Waals surface area (Å²) in [5, 5.41) is 9.79. The van der Waals surface area contributed by atoms with E-state index in [2.05, 4.69) is 0 Å². The van der Waals surface area contributed by atoms with Crippen molar-refractivity contribution in [2.75, 3.05) is 13.2 Å². The van der Waals surface area contributed by atoms with Crippen molar-refractivity contribution in [3.05, 3.63) is 59.7 Å². The fraction of sp³-hybridized carbons (Fsp3) is 0.421. The van der Waals surface area contributed by atoms with Crippen molar-refractivity contribution >= 4 is 5.97 Å². The Kier molecular flexibility index (Phi) is 9.68. The summed E-state index contributed by atoms with van der Waals surface area (Å²) in [5.41, 5.74) is 1.70. The zero-order valence-corrected chi connectivity index (χ0v) is 13.9. The second kappa shape index (κ2) is 11.6. The number of carbonyl (C=O) groups excluding carboxylic acids is 1. The molecule has 1 unspecified atom stereocenters. The Morgan fingerprint density at radius 3 is 2.70 bits per heavy atom. The summed E-state index contributed by atoms with van der Waals surface area (Å²) in [4.78, 5) is 11.4. The van der Waals surface area contributed by atoms with Crippen LogP contribution in [0.15, 0.2) is 54.1 Å². The van der Waals surface area contributed by atoms with E-state index >= 15 is 0 Å². The Morgan fingerprint density at radius 2 is 2.00 bits per heavy atom. The zero-order valence-electron chi connectivity index (χ0n) is 13.9. The summed E-state index contributed by atoms with van der Waals surface area (Å²) in [7, 11) is 0. The molecule has 0 aliphatic rings. The zero-order chi connectivity index (χ0) is 16.9. The first kappa shape index (κ1) is 19.1. The van der Waals surface area contributed by atoms with Crippen molar-refractivity contribution in [3.63, 3.8) is 0 Å². The molecule has 126 valence electrons. The molecule has 1 atom stereocenters. The van der Waals surface area contributed by atoms with Gasteiger partial charge in [-0.2, -0.15) is 0 Å². The molecule has 4 nitrogen and oxygen atoms in total. The van der Waals surface area contributed by atoms with E-state index in [-0.39, 0.29) is 12.6 Å². The number of allylic oxidation sites excluding steroid dienone is 2. The number of rotatable bonds is 10. The molecule has 1 N–H and O–H groups in total. The van der Waals surface area contributed by atoms with Gasteiger partial charge in [-0.1, -0.05) is 48.6 Å². The van der Waals surface area contributed by atoms with E-state index in [4.69, 9.17) is 9.47 Å². The van der Waals surface area contributed by atoms with E-state index in [9.17, 15) is 9.90 Å². The SMILES string of the molecule is CCOC(=O)/C(C)=C/CC/C=C/C(O)COCc1ccccc1. The van der Waals surface area contributed by atoms with Crippen molar-refractivity contribution in [3.8, 4) is 0 Å². The maximum absolute atomic E-state index is 11.4. The highest BCUT2D eigenvalue weighted by atomic mass is 16.5. The molecule has 0 saturated heterocycles. The van der Waals surface area contributed by atoms with Crippen LogP contribution in [0.3, 0.4) is 0 Å². The second-order valence-corrected chi connectivity index (χ2v) is 5.18. The molecule has 0 aliphatic carbocycles. The molecule has 23 heavy (non-hydrogen) atoms. The van der Waals surface area contributed by atoms with Crippen LogP contribution >= 0.6 is 0 Å². The van der Waals surface area contributed by atoms with Gasteiger partial charge in [-0.3, -0.25) is 0 Å². The monoisotopic (exact) mass is 318 g/mol. The molecule has 0 radical (unpaired) electrons. The van der Waals surface area contributed by atoms with Crippen LogP contribution in [0, 0.1) is 0 Å². The van der Waals surface area contributed by atoms with Gasteiger partial charge in [-0.25, -0.2) is 4.79 Å². The Morgan fingerprint density at radius 1 is 1.26 bits per heavy atom. The van der Waals surface area contributed by atoms with Crippen LogP contribution in [0.2, 0.25) is 0 Å². The standard InChI is InChI=1S/C19H26O4/c1-3-23-19(21)16(2)10-6-4-9-13-18(20)15-22-14-17-11-7-5-8-12-17/h5,7-13,18,20H,3-4,6,14-15H2,1-2H3/b13-9+,16-10+. The average molecular weight is 318 g/mol. The molecule has 0 heterocycles. The lowest BCUT2D eigenvalue weighted by atomic mass is 10.2. The van der Waals surface area contributed by atoms with Crippen molar-refractivity contribution < 1.29 is 19.4 Å². The molecule has 0 amide bonds. The van der Waals surface area contributed by atoms with Crippen LogP contribution in [0.4, 0.5) is 0 Å². The Hall–Kier alpha value is -1.91. The van der Waals surface area contributed by atoms with E-state index in [1.165, 1.54) is 0 Å². The minimum atomic E-state index is -0.617. The summed E-state index contributed by atoms with van der Waals surface area (Å²) in [6.45, 7) is 4.68. The topological polar surface area (TPSA) is 55.8 Å². The minimum Gasteiger partial charge on any atom is -0.463 e. The van der Waals surface area contributed by atoms with Gasteiger partial charge >= 0.3 is 5.97 Å². The molecular weight excluding hydrogens is 292 g/mol. The highest BCUT2D eigenvalue weighted by Gasteiger charge is 2.03. The van der Waals surface area contributed by atoms with Crippen molar-refractivity contribution in [1.82, 2.24) is 0 Å². The molecule has 0 spiro atoms. The van der Waals surface area contributed by atoms with Crippen LogP contribution < -0.4 is 0 Å². The first-order valence-electron chi connectivity index (χ1n) is 7.93. The quantitative estimate of drug-likeness (QED) is 0.311. The van der Waals surface area contributed by atoms with Crippen molar-refractivity contribution in [1.29, 1.82) is 0 Å². The summed E-state index contributed by atoms with van der Waals surface area (Å²) in [5.74, 6) is -0.272. The molecule has 0 aromatic heterocycles. The number of aliphatic hydroxyl groups is 1. The maximum atomic E-state index is 11.4. The summed E-state index contributed by atoms with van der Waals surface area (Å²) >= 11 is 0. The van der Waals surface area contributed by atoms with Gasteiger partial charge in [0.15, 0.2) is 0 Å². The number of hydrogen-bond donors (Lipinski definition) is 1. The number of aliphatic hydroxyl groups excluding tert-OH is 1. The molecule has 1 rings (SSSR count). The summed E-state index contributed by atoms with van der Waals surface area (Å²) < 4.78 is 10.4. The van der Waals surface area contributed by atoms with E-state index in [1.54, 1.807) is 19.9 Å². The molecule has 0 aliphatic heterocycles. The van der Waals surface area contributed by atoms with E-state index in [0.29, 0.717) is 18.8 Å². The highest BCUT2D eigenvalue weighted by molar-refractivity contribution is 5.87. The third-order valence-corrected chi connectivity index (χ3v) is 3.14. The van der Waals surface area contributed by atoms with Crippen LogP contribution in [-0.4, -0.2) is 30.4 Å². The van der Waals surface area contributed by atoms with Crippen LogP contribution in [0.1, 0.15) is 32.3 Å². The summed E-state index contributed by atoms with van der Waals surface area (Å²) in [6, 6.07) is 9.85. The first-order chi connectivity index (χ1) is 11.1. The van der Waals surface area contributed by atoms with Crippen molar-refractivity contribution in [2.24, 2.45) is 0 Å². The van der Waals surface area contributed by atoms with E-state index in [1.807, 2.05) is 42.5 Å². The third kappa shape index (κ3) is 8.96. The number of esters is 1. The van der Waals surface area contributed by atoms with Gasteiger partial charge in [-0.05, 0) is 32.3 Å². The van der Waals surface area contributed by atoms with Gasteiger partial charge in [0.05, 0.1) is 25.9 Å². The maximum Gasteiger partial charge on any atom is 0.333 e. The highest BCUT2D eigenvalue weighted by Crippen LogP contribution is 2.04. The van der Waals surface area contributed by atoms with Crippen LogP contribution in [0.5, 0.6) is 0 Å². The van der Waals surface area contributed by atoms with Gasteiger partial charge < -0.3 is 14.6 Å². The summed E-state index contributed by atoms with van der Waals surface area (Å²) in [6.07, 6.45) is 6.34. The number of ether oxygens (including phenoxy) is 2. The molecule has 1 aromatic rings. The van der Waals surface area contributed by atoms with Crippen LogP contribution in [0.25, 0.3) is 0 Å². The van der Waals surface area contributed by atoms with Gasteiger partial charge in [0.1, 0.15) is 0 Å². The fourth-order valence-corrected chi connectivity index (χ4v) is 1.90. The second-order valence-electron chi connectivity index (χ2n) is 5.18. The van der Waals surface area contributed by atoms with Gasteiger partial charge in [0, 0.05) is 5.57 Å². The lowest BCUT2D eigenvalue weighted by molar-refractivity contribution is -0.138. The van der Waals surface area contributed by atoms with E-state index < -0.39 is 6.10 Å². The Bertz CT molecular complexity index is 505. The average Bonchev–Trinajstić information content (AvgIpc) is 2.55. The third-order valence-electron chi connectivity index (χ3n) is 3.14. The smallest absolute Gasteiger partial charge is 0.333 e. The number of unbranched alkanes of at least 4 members (excludes halogenated alkanes) is 1. The van der Waals surface area contributed by atoms with Gasteiger partial charge in [0.25, 0.3) is 0 Å². The van der Waals surface area contributed by atoms with Crippen molar-refractivity contribution in [2.45, 2.75) is 39.4 Å². The molecule has 1 aromatic carbocycles. The predicted octanol–water partition coefficient (Wildman–Crippen LogP) is 3.41. The lowest BCUT2D eigenvalue weighted by Gasteiger charge is -2.07. The number of hydrogen-bond acceptors (Lipinski definition) is 4. The lowest BCUT2D eigenvalue weighted by Crippen LogP contribution is -2.12. The first-order valence-corrected chi connectivity index (χ1v) is 7.93. The number of benzene rings is 1. The van der Waals surface area contributed by atoms with E-state index in [0.717, 1.165) is 18.4 Å². The molecular formula is C19H26O4. The van der Waals surface area contributed by atoms with Crippen LogP contribution in [-0.2, 0) is 20.9 Å². The normalized spacial score (nSPS) is 13.3. The Balaban J connectivity index is 2.16. The minimum absolute atomic E-state index is 0.267. The molecule has 0 bridgehead atoms. The van der Waals surface area contributed by atoms with Gasteiger partial charge in [-0.15, -0.1) is 0 Å². The number of carbonyl (C=O) groups is 1. The Labute approximate surface area is 138 Å². The fourth-order valence-electron chi connectivity index (χ4n) is 1.90. The van der Waals surface area contributed by atoms with Gasteiger partial charge in [0.2, 0.25) is 0 Å². The largest absolute Gasteiger partial charge is 0.463 e. The molecule has 0 saturated carbocycles. The predicted molar refractivity (Wildman–Crippen MR) is 90.9 cm³/mol. The molecule has 0 fully saturated rings. The molecule has 4 heteroatoms.